The number of benzene rings is 1. The molecule has 0 aliphatic heterocycles. The maximum absolute atomic E-state index is 12.0. The number of carbonyl (C=O) groups is 2. The van der Waals surface area contributed by atoms with E-state index in [4.69, 9.17) is 22.1 Å². The van der Waals surface area contributed by atoms with E-state index in [2.05, 4.69) is 0 Å². The Morgan fingerprint density at radius 3 is 2.15 bits per heavy atom. The summed E-state index contributed by atoms with van der Waals surface area (Å²) in [6.45, 7) is 4.99. The average molecular weight is 300 g/mol. The molecule has 0 saturated heterocycles. The lowest BCUT2D eigenvalue weighted by Gasteiger charge is -2.25. The Balaban J connectivity index is 2.99. The number of halogens is 1. The van der Waals surface area contributed by atoms with Crippen LogP contribution in [0.5, 0.6) is 0 Å². The van der Waals surface area contributed by atoms with Crippen LogP contribution in [0.15, 0.2) is 24.3 Å². The van der Waals surface area contributed by atoms with Gasteiger partial charge in [0.15, 0.2) is 5.92 Å². The van der Waals surface area contributed by atoms with Gasteiger partial charge in [-0.05, 0) is 38.5 Å². The van der Waals surface area contributed by atoms with Crippen LogP contribution in [-0.4, -0.2) is 22.6 Å². The summed E-state index contributed by atoms with van der Waals surface area (Å²) in [7, 11) is 0. The number of esters is 1. The third kappa shape index (κ3) is 4.51. The van der Waals surface area contributed by atoms with E-state index >= 15 is 0 Å². The molecule has 3 N–H and O–H groups in total. The molecule has 1 aromatic carbocycles. The maximum atomic E-state index is 12.0. The fourth-order valence-electron chi connectivity index (χ4n) is 1.64. The highest BCUT2D eigenvalue weighted by atomic mass is 35.5. The molecule has 0 spiro atoms. The molecule has 0 amide bonds. The van der Waals surface area contributed by atoms with Crippen LogP contribution in [0, 0.1) is 5.92 Å². The number of carboxylic acid groups (broad SMARTS) is 1. The fraction of sp³-hybridized carbons (Fsp3) is 0.429. The van der Waals surface area contributed by atoms with Gasteiger partial charge in [-0.3, -0.25) is 9.59 Å². The van der Waals surface area contributed by atoms with Crippen molar-refractivity contribution in [1.29, 1.82) is 0 Å². The molecule has 1 aromatic rings. The van der Waals surface area contributed by atoms with Gasteiger partial charge in [-0.15, -0.1) is 0 Å². The van der Waals surface area contributed by atoms with E-state index in [1.165, 1.54) is 0 Å². The van der Waals surface area contributed by atoms with E-state index in [1.54, 1.807) is 45.0 Å². The van der Waals surface area contributed by atoms with E-state index in [0.717, 1.165) is 0 Å². The van der Waals surface area contributed by atoms with Crippen molar-refractivity contribution in [3.63, 3.8) is 0 Å². The summed E-state index contributed by atoms with van der Waals surface area (Å²) in [6, 6.07) is 5.36. The molecule has 0 fully saturated rings. The molecule has 0 radical (unpaired) electrons. The molecule has 1 rings (SSSR count). The van der Waals surface area contributed by atoms with Gasteiger partial charge in [0.25, 0.3) is 0 Å². The molecule has 2 atom stereocenters. The summed E-state index contributed by atoms with van der Waals surface area (Å²) in [5.74, 6) is -3.63. The molecule has 0 aliphatic rings. The monoisotopic (exact) mass is 299 g/mol. The number of carbonyl (C=O) groups excluding carboxylic acids is 1. The zero-order valence-electron chi connectivity index (χ0n) is 11.6. The molecule has 110 valence electrons. The lowest BCUT2D eigenvalue weighted by molar-refractivity contribution is -0.167. The first-order chi connectivity index (χ1) is 9.11. The highest BCUT2D eigenvalue weighted by Gasteiger charge is 2.37. The van der Waals surface area contributed by atoms with Crippen molar-refractivity contribution < 1.29 is 19.4 Å². The van der Waals surface area contributed by atoms with Crippen molar-refractivity contribution in [2.24, 2.45) is 11.7 Å². The molecule has 6 heteroatoms. The second kappa shape index (κ2) is 6.24. The van der Waals surface area contributed by atoms with Gasteiger partial charge in [0.1, 0.15) is 5.60 Å². The first-order valence-corrected chi connectivity index (χ1v) is 6.46. The van der Waals surface area contributed by atoms with E-state index in [0.29, 0.717) is 10.6 Å². The largest absolute Gasteiger partial charge is 0.481 e. The molecule has 5 nitrogen and oxygen atoms in total. The van der Waals surface area contributed by atoms with Crippen molar-refractivity contribution in [3.05, 3.63) is 34.9 Å². The molecular weight excluding hydrogens is 282 g/mol. The minimum atomic E-state index is -1.46. The minimum absolute atomic E-state index is 0.505. The van der Waals surface area contributed by atoms with Crippen LogP contribution >= 0.6 is 11.6 Å². The Morgan fingerprint density at radius 2 is 1.75 bits per heavy atom. The normalized spacial score (nSPS) is 14.4. The Morgan fingerprint density at radius 1 is 1.25 bits per heavy atom. The van der Waals surface area contributed by atoms with Crippen molar-refractivity contribution in [2.45, 2.75) is 32.4 Å². The van der Waals surface area contributed by atoms with Gasteiger partial charge in [-0.2, -0.15) is 0 Å². The average Bonchev–Trinajstić information content (AvgIpc) is 2.26. The molecular formula is C14H18ClNO4. The highest BCUT2D eigenvalue weighted by molar-refractivity contribution is 6.30. The Kier molecular flexibility index (Phi) is 5.14. The minimum Gasteiger partial charge on any atom is -0.481 e. The first-order valence-electron chi connectivity index (χ1n) is 6.08. The van der Waals surface area contributed by atoms with Crippen LogP contribution in [0.3, 0.4) is 0 Å². The summed E-state index contributed by atoms with van der Waals surface area (Å²) in [6.07, 6.45) is 0. The van der Waals surface area contributed by atoms with Crippen molar-refractivity contribution in [3.8, 4) is 0 Å². The van der Waals surface area contributed by atoms with Gasteiger partial charge in [0.2, 0.25) is 0 Å². The van der Waals surface area contributed by atoms with E-state index in [-0.39, 0.29) is 0 Å². The maximum Gasteiger partial charge on any atom is 0.322 e. The second-order valence-corrected chi connectivity index (χ2v) is 5.86. The van der Waals surface area contributed by atoms with E-state index in [9.17, 15) is 14.7 Å². The van der Waals surface area contributed by atoms with Gasteiger partial charge < -0.3 is 15.6 Å². The van der Waals surface area contributed by atoms with Gasteiger partial charge >= 0.3 is 11.9 Å². The number of hydrogen-bond acceptors (Lipinski definition) is 4. The predicted molar refractivity (Wildman–Crippen MR) is 75.4 cm³/mol. The number of rotatable bonds is 4. The summed E-state index contributed by atoms with van der Waals surface area (Å²) < 4.78 is 5.10. The third-order valence-electron chi connectivity index (χ3n) is 2.54. The lowest BCUT2D eigenvalue weighted by atomic mass is 9.93. The molecule has 0 heterocycles. The van der Waals surface area contributed by atoms with Crippen LogP contribution in [0.4, 0.5) is 0 Å². The smallest absolute Gasteiger partial charge is 0.322 e. The number of carboxylic acids is 1. The van der Waals surface area contributed by atoms with Crippen LogP contribution in [0.25, 0.3) is 0 Å². The van der Waals surface area contributed by atoms with Gasteiger partial charge in [-0.1, -0.05) is 23.7 Å². The van der Waals surface area contributed by atoms with Crippen molar-refractivity contribution in [2.75, 3.05) is 0 Å². The van der Waals surface area contributed by atoms with Gasteiger partial charge in [0, 0.05) is 5.02 Å². The molecule has 0 saturated carbocycles. The Hall–Kier alpha value is -1.59. The Labute approximate surface area is 122 Å². The van der Waals surface area contributed by atoms with Gasteiger partial charge in [0.05, 0.1) is 6.04 Å². The fourth-order valence-corrected chi connectivity index (χ4v) is 1.77. The zero-order chi connectivity index (χ0) is 15.5. The van der Waals surface area contributed by atoms with E-state index in [1.807, 2.05) is 0 Å². The summed E-state index contributed by atoms with van der Waals surface area (Å²) >= 11 is 5.76. The predicted octanol–water partition coefficient (Wildman–Crippen LogP) is 2.38. The number of nitrogens with two attached hydrogens (primary N) is 1. The van der Waals surface area contributed by atoms with Crippen LogP contribution in [0.2, 0.25) is 5.02 Å². The highest BCUT2D eigenvalue weighted by Crippen LogP contribution is 2.24. The summed E-state index contributed by atoms with van der Waals surface area (Å²) in [4.78, 5) is 23.3. The number of aliphatic carboxylic acids is 1. The summed E-state index contributed by atoms with van der Waals surface area (Å²) in [5, 5.41) is 9.72. The molecule has 0 aliphatic carbocycles. The molecule has 0 bridgehead atoms. The summed E-state index contributed by atoms with van der Waals surface area (Å²) in [5.41, 5.74) is 5.62. The lowest BCUT2D eigenvalue weighted by Crippen LogP contribution is -2.39. The van der Waals surface area contributed by atoms with Gasteiger partial charge in [-0.25, -0.2) is 0 Å². The second-order valence-electron chi connectivity index (χ2n) is 5.43. The SMILES string of the molecule is CC(C)(C)OC(=O)C(C(=O)O)C(N)c1ccc(Cl)cc1. The molecule has 2 unspecified atom stereocenters. The van der Waals surface area contributed by atoms with Crippen molar-refractivity contribution in [1.82, 2.24) is 0 Å². The van der Waals surface area contributed by atoms with Crippen LogP contribution < -0.4 is 5.73 Å². The standard InChI is InChI=1S/C14H18ClNO4/c1-14(2,3)20-13(19)10(12(17)18)11(16)8-4-6-9(15)7-5-8/h4-7,10-11H,16H2,1-3H3,(H,17,18). The number of ether oxygens (including phenoxy) is 1. The van der Waals surface area contributed by atoms with Crippen LogP contribution in [0.1, 0.15) is 32.4 Å². The first kappa shape index (κ1) is 16.5. The third-order valence-corrected chi connectivity index (χ3v) is 2.79. The topological polar surface area (TPSA) is 89.6 Å². The molecule has 0 aromatic heterocycles. The van der Waals surface area contributed by atoms with E-state index < -0.39 is 29.5 Å². The van der Waals surface area contributed by atoms with Crippen LogP contribution in [-0.2, 0) is 14.3 Å². The Bertz CT molecular complexity index is 493. The quantitative estimate of drug-likeness (QED) is 0.658. The number of hydrogen-bond donors (Lipinski definition) is 2. The zero-order valence-corrected chi connectivity index (χ0v) is 12.3. The van der Waals surface area contributed by atoms with Crippen molar-refractivity contribution >= 4 is 23.5 Å². The molecule has 20 heavy (non-hydrogen) atoms.